The van der Waals surface area contributed by atoms with E-state index in [9.17, 15) is 0 Å². The van der Waals surface area contributed by atoms with Gasteiger partial charge in [0.05, 0.1) is 6.20 Å². The zero-order chi connectivity index (χ0) is 16.2. The van der Waals surface area contributed by atoms with Crippen molar-refractivity contribution in [2.75, 3.05) is 5.73 Å². The molecule has 1 heterocycles. The van der Waals surface area contributed by atoms with Gasteiger partial charge in [0.1, 0.15) is 12.3 Å². The Bertz CT molecular complexity index is 816. The average Bonchev–Trinajstić information content (AvgIpc) is 2.55. The van der Waals surface area contributed by atoms with Gasteiger partial charge in [-0.05, 0) is 25.0 Å². The molecule has 0 aliphatic heterocycles. The Morgan fingerprint density at radius 3 is 2.52 bits per heavy atom. The van der Waals surface area contributed by atoms with Crippen LogP contribution in [0.1, 0.15) is 16.7 Å². The smallest absolute Gasteiger partial charge is 0.234 e. The number of aromatic nitrogens is 2. The largest absolute Gasteiger partial charge is 0.472 e. The van der Waals surface area contributed by atoms with Gasteiger partial charge in [-0.15, -0.1) is 0 Å². The summed E-state index contributed by atoms with van der Waals surface area (Å²) in [5.41, 5.74) is 11.2. The summed E-state index contributed by atoms with van der Waals surface area (Å²) in [6, 6.07) is 16.1. The fourth-order valence-corrected chi connectivity index (χ4v) is 2.47. The molecular formula is C19H19N3O. The molecule has 2 aromatic carbocycles. The van der Waals surface area contributed by atoms with E-state index in [4.69, 9.17) is 10.5 Å². The highest BCUT2D eigenvalue weighted by Crippen LogP contribution is 2.27. The number of benzene rings is 2. The summed E-state index contributed by atoms with van der Waals surface area (Å²) >= 11 is 0. The predicted octanol–water partition coefficient (Wildman–Crippen LogP) is 3.92. The summed E-state index contributed by atoms with van der Waals surface area (Å²) in [5.74, 6) is 0.808. The molecule has 0 saturated heterocycles. The minimum absolute atomic E-state index is 0.377. The van der Waals surface area contributed by atoms with Crippen molar-refractivity contribution >= 4 is 5.82 Å². The van der Waals surface area contributed by atoms with Crippen LogP contribution in [-0.2, 0) is 6.61 Å². The molecule has 2 N–H and O–H groups in total. The molecule has 0 atom stereocenters. The Labute approximate surface area is 136 Å². The van der Waals surface area contributed by atoms with Gasteiger partial charge in [0.2, 0.25) is 5.88 Å². The fraction of sp³-hybridized carbons (Fsp3) is 0.158. The van der Waals surface area contributed by atoms with Crippen molar-refractivity contribution in [3.63, 3.8) is 0 Å². The van der Waals surface area contributed by atoms with Crippen molar-refractivity contribution in [2.24, 2.45) is 0 Å². The van der Waals surface area contributed by atoms with Crippen molar-refractivity contribution in [1.29, 1.82) is 0 Å². The Balaban J connectivity index is 1.80. The lowest BCUT2D eigenvalue weighted by molar-refractivity contribution is 0.293. The van der Waals surface area contributed by atoms with E-state index >= 15 is 0 Å². The van der Waals surface area contributed by atoms with Crippen LogP contribution in [0.15, 0.2) is 54.7 Å². The van der Waals surface area contributed by atoms with Crippen LogP contribution in [0, 0.1) is 13.8 Å². The molecule has 0 unspecified atom stereocenters. The van der Waals surface area contributed by atoms with Gasteiger partial charge < -0.3 is 10.5 Å². The van der Waals surface area contributed by atoms with E-state index in [1.807, 2.05) is 49.4 Å². The lowest BCUT2D eigenvalue weighted by Crippen LogP contribution is -2.03. The molecule has 4 nitrogen and oxygen atoms in total. The zero-order valence-electron chi connectivity index (χ0n) is 13.3. The molecule has 0 bridgehead atoms. The summed E-state index contributed by atoms with van der Waals surface area (Å²) in [5, 5.41) is 0. The molecular weight excluding hydrogens is 286 g/mol. The van der Waals surface area contributed by atoms with E-state index in [2.05, 4.69) is 23.0 Å². The molecule has 3 aromatic rings. The van der Waals surface area contributed by atoms with Gasteiger partial charge in [0, 0.05) is 5.56 Å². The van der Waals surface area contributed by atoms with Crippen molar-refractivity contribution in [3.05, 3.63) is 71.4 Å². The summed E-state index contributed by atoms with van der Waals surface area (Å²) < 4.78 is 5.66. The third-order valence-electron chi connectivity index (χ3n) is 3.64. The number of aryl methyl sites for hydroxylation is 2. The molecule has 0 aliphatic rings. The average molecular weight is 305 g/mol. The summed E-state index contributed by atoms with van der Waals surface area (Å²) in [6.45, 7) is 4.55. The number of nitrogen functional groups attached to an aromatic ring is 1. The highest BCUT2D eigenvalue weighted by Gasteiger charge is 2.10. The van der Waals surface area contributed by atoms with Gasteiger partial charge in [-0.3, -0.25) is 0 Å². The Morgan fingerprint density at radius 1 is 1.04 bits per heavy atom. The van der Waals surface area contributed by atoms with E-state index in [0.29, 0.717) is 24.0 Å². The number of nitrogens with two attached hydrogens (primary N) is 1. The van der Waals surface area contributed by atoms with Gasteiger partial charge in [-0.2, -0.15) is 4.98 Å². The van der Waals surface area contributed by atoms with E-state index in [0.717, 1.165) is 16.7 Å². The second kappa shape index (κ2) is 6.48. The molecule has 23 heavy (non-hydrogen) atoms. The topological polar surface area (TPSA) is 61.0 Å². The first-order chi connectivity index (χ1) is 11.1. The van der Waals surface area contributed by atoms with Crippen LogP contribution in [-0.4, -0.2) is 9.97 Å². The van der Waals surface area contributed by atoms with Gasteiger partial charge in [-0.25, -0.2) is 4.98 Å². The standard InChI is InChI=1S/C19H19N3O/c1-13-8-9-16(14(2)10-13)18-19(20)22-17(11-21-18)23-12-15-6-4-3-5-7-15/h3-11H,12H2,1-2H3,(H2,20,22). The number of hydrogen-bond donors (Lipinski definition) is 1. The predicted molar refractivity (Wildman–Crippen MR) is 92.1 cm³/mol. The van der Waals surface area contributed by atoms with E-state index < -0.39 is 0 Å². The van der Waals surface area contributed by atoms with E-state index in [1.165, 1.54) is 5.56 Å². The summed E-state index contributed by atoms with van der Waals surface area (Å²) in [6.07, 6.45) is 1.62. The molecule has 116 valence electrons. The quantitative estimate of drug-likeness (QED) is 0.793. The minimum Gasteiger partial charge on any atom is -0.472 e. The van der Waals surface area contributed by atoms with Crippen LogP contribution in [0.4, 0.5) is 5.82 Å². The summed E-state index contributed by atoms with van der Waals surface area (Å²) in [4.78, 5) is 8.76. The monoisotopic (exact) mass is 305 g/mol. The van der Waals surface area contributed by atoms with Gasteiger partial charge in [-0.1, -0.05) is 54.1 Å². The normalized spacial score (nSPS) is 10.5. The molecule has 0 fully saturated rings. The molecule has 0 radical (unpaired) electrons. The number of hydrogen-bond acceptors (Lipinski definition) is 4. The third kappa shape index (κ3) is 3.48. The SMILES string of the molecule is Cc1ccc(-c2ncc(OCc3ccccc3)nc2N)c(C)c1. The van der Waals surface area contributed by atoms with Crippen molar-refractivity contribution in [3.8, 4) is 17.1 Å². The molecule has 1 aromatic heterocycles. The van der Waals surface area contributed by atoms with Crippen molar-refractivity contribution in [2.45, 2.75) is 20.5 Å². The van der Waals surface area contributed by atoms with Crippen LogP contribution in [0.3, 0.4) is 0 Å². The lowest BCUT2D eigenvalue weighted by Gasteiger charge is -2.10. The Morgan fingerprint density at radius 2 is 1.83 bits per heavy atom. The lowest BCUT2D eigenvalue weighted by atomic mass is 10.0. The molecule has 0 aliphatic carbocycles. The maximum Gasteiger partial charge on any atom is 0.234 e. The second-order valence-electron chi connectivity index (χ2n) is 5.53. The summed E-state index contributed by atoms with van der Waals surface area (Å²) in [7, 11) is 0. The highest BCUT2D eigenvalue weighted by atomic mass is 16.5. The number of anilines is 1. The van der Waals surface area contributed by atoms with E-state index in [-0.39, 0.29) is 0 Å². The first kappa shape index (κ1) is 15.0. The Kier molecular flexibility index (Phi) is 4.24. The van der Waals surface area contributed by atoms with Crippen molar-refractivity contribution < 1.29 is 4.74 Å². The minimum atomic E-state index is 0.377. The van der Waals surface area contributed by atoms with E-state index in [1.54, 1.807) is 6.20 Å². The molecule has 4 heteroatoms. The molecule has 3 rings (SSSR count). The van der Waals surface area contributed by atoms with Crippen LogP contribution in [0.5, 0.6) is 5.88 Å². The third-order valence-corrected chi connectivity index (χ3v) is 3.64. The van der Waals surface area contributed by atoms with Crippen molar-refractivity contribution in [1.82, 2.24) is 9.97 Å². The Hall–Kier alpha value is -2.88. The van der Waals surface area contributed by atoms with Gasteiger partial charge in [0.15, 0.2) is 5.82 Å². The molecule has 0 amide bonds. The van der Waals surface area contributed by atoms with Gasteiger partial charge in [0.25, 0.3) is 0 Å². The molecule has 0 saturated carbocycles. The number of ether oxygens (including phenoxy) is 1. The zero-order valence-corrected chi connectivity index (χ0v) is 13.3. The fourth-order valence-electron chi connectivity index (χ4n) is 2.47. The van der Waals surface area contributed by atoms with Crippen LogP contribution in [0.25, 0.3) is 11.3 Å². The first-order valence-electron chi connectivity index (χ1n) is 7.50. The first-order valence-corrected chi connectivity index (χ1v) is 7.50. The maximum atomic E-state index is 6.08. The molecule has 0 spiro atoms. The number of nitrogens with zero attached hydrogens (tertiary/aromatic N) is 2. The van der Waals surface area contributed by atoms with Crippen LogP contribution < -0.4 is 10.5 Å². The second-order valence-corrected chi connectivity index (χ2v) is 5.53. The maximum absolute atomic E-state index is 6.08. The van der Waals surface area contributed by atoms with Gasteiger partial charge >= 0.3 is 0 Å². The highest BCUT2D eigenvalue weighted by molar-refractivity contribution is 5.72. The van der Waals surface area contributed by atoms with Crippen LogP contribution >= 0.6 is 0 Å². The van der Waals surface area contributed by atoms with Crippen LogP contribution in [0.2, 0.25) is 0 Å². The number of rotatable bonds is 4.